The molecule has 3 aliphatic rings. The summed E-state index contributed by atoms with van der Waals surface area (Å²) in [5.74, 6) is 2.69. The quantitative estimate of drug-likeness (QED) is 0.658. The maximum absolute atomic E-state index is 9.78. The molecule has 3 fully saturated rings. The zero-order valence-electron chi connectivity index (χ0n) is 16.7. The van der Waals surface area contributed by atoms with Gasteiger partial charge in [0.05, 0.1) is 6.20 Å². The molecule has 0 spiro atoms. The highest BCUT2D eigenvalue weighted by Crippen LogP contribution is 2.43. The Labute approximate surface area is 172 Å². The number of hydrogen-bond acceptors (Lipinski definition) is 4. The lowest BCUT2D eigenvalue weighted by molar-refractivity contribution is 0.0318. The van der Waals surface area contributed by atoms with Crippen LogP contribution >= 0.6 is 0 Å². The summed E-state index contributed by atoms with van der Waals surface area (Å²) in [4.78, 5) is 2.61. The molecule has 4 heterocycles. The van der Waals surface area contributed by atoms with Crippen molar-refractivity contribution in [2.75, 3.05) is 26.2 Å². The molecule has 3 aromatic rings. The van der Waals surface area contributed by atoms with Gasteiger partial charge >= 0.3 is 0 Å². The van der Waals surface area contributed by atoms with E-state index in [1.54, 1.807) is 6.20 Å². The first-order valence-corrected chi connectivity index (χ1v) is 10.8. The van der Waals surface area contributed by atoms with Gasteiger partial charge in [-0.05, 0) is 66.8 Å². The van der Waals surface area contributed by atoms with Gasteiger partial charge < -0.3 is 14.5 Å². The second-order valence-corrected chi connectivity index (χ2v) is 8.50. The van der Waals surface area contributed by atoms with E-state index in [2.05, 4.69) is 58.6 Å². The summed E-state index contributed by atoms with van der Waals surface area (Å²) >= 11 is 0. The van der Waals surface area contributed by atoms with Crippen molar-refractivity contribution in [1.82, 2.24) is 10.1 Å². The van der Waals surface area contributed by atoms with Crippen LogP contribution in [-0.4, -0.2) is 41.4 Å². The molecule has 4 heteroatoms. The van der Waals surface area contributed by atoms with Crippen LogP contribution in [0.15, 0.2) is 65.3 Å². The van der Waals surface area contributed by atoms with E-state index >= 15 is 0 Å². The Morgan fingerprint density at radius 1 is 1.00 bits per heavy atom. The van der Waals surface area contributed by atoms with E-state index in [4.69, 9.17) is 4.52 Å². The van der Waals surface area contributed by atoms with Crippen molar-refractivity contribution in [2.24, 2.45) is 11.8 Å². The Morgan fingerprint density at radius 2 is 1.79 bits per heavy atom. The van der Waals surface area contributed by atoms with Gasteiger partial charge in [0.2, 0.25) is 0 Å². The molecule has 29 heavy (non-hydrogen) atoms. The summed E-state index contributed by atoms with van der Waals surface area (Å²) in [6.07, 6.45) is 5.15. The van der Waals surface area contributed by atoms with E-state index in [0.29, 0.717) is 11.8 Å². The van der Waals surface area contributed by atoms with Crippen LogP contribution in [0.25, 0.3) is 22.5 Å². The highest BCUT2D eigenvalue weighted by Gasteiger charge is 2.38. The summed E-state index contributed by atoms with van der Waals surface area (Å²) in [5, 5.41) is 13.6. The lowest BCUT2D eigenvalue weighted by Gasteiger charge is -2.48. The molecule has 2 aromatic carbocycles. The van der Waals surface area contributed by atoms with Gasteiger partial charge in [-0.25, -0.2) is 0 Å². The fourth-order valence-corrected chi connectivity index (χ4v) is 5.37. The minimum atomic E-state index is 0.254. The molecule has 3 saturated heterocycles. The molecular weight excluding hydrogens is 360 g/mol. The predicted molar refractivity (Wildman–Crippen MR) is 114 cm³/mol. The molecule has 0 amide bonds. The monoisotopic (exact) mass is 388 g/mol. The maximum atomic E-state index is 9.78. The minimum absolute atomic E-state index is 0.254. The van der Waals surface area contributed by atoms with Crippen LogP contribution in [0.1, 0.15) is 30.7 Å². The van der Waals surface area contributed by atoms with Gasteiger partial charge in [-0.1, -0.05) is 53.7 Å². The molecule has 1 N–H and O–H groups in total. The van der Waals surface area contributed by atoms with Crippen LogP contribution in [0, 0.1) is 11.8 Å². The number of aromatic nitrogens is 1. The number of rotatable bonds is 6. The third-order valence-electron chi connectivity index (χ3n) is 6.92. The summed E-state index contributed by atoms with van der Waals surface area (Å²) in [6.45, 7) is 3.95. The number of nitrogens with zero attached hydrogens (tertiary/aromatic N) is 2. The van der Waals surface area contributed by atoms with Gasteiger partial charge in [-0.2, -0.15) is 0 Å². The van der Waals surface area contributed by atoms with Gasteiger partial charge in [0.1, 0.15) is 0 Å². The molecule has 6 rings (SSSR count). The minimum Gasteiger partial charge on any atom is -0.396 e. The topological polar surface area (TPSA) is 49.5 Å². The lowest BCUT2D eigenvalue weighted by Crippen LogP contribution is -2.49. The van der Waals surface area contributed by atoms with Crippen molar-refractivity contribution in [2.45, 2.75) is 25.2 Å². The van der Waals surface area contributed by atoms with Crippen LogP contribution in [0.4, 0.5) is 0 Å². The summed E-state index contributed by atoms with van der Waals surface area (Å²) in [6, 6.07) is 19.3. The zero-order valence-corrected chi connectivity index (χ0v) is 16.7. The molecular formula is C25H28N2O2. The van der Waals surface area contributed by atoms with Crippen molar-refractivity contribution < 1.29 is 9.63 Å². The van der Waals surface area contributed by atoms with Gasteiger partial charge in [-0.15, -0.1) is 0 Å². The van der Waals surface area contributed by atoms with Crippen LogP contribution in [0.2, 0.25) is 0 Å². The van der Waals surface area contributed by atoms with Crippen molar-refractivity contribution in [3.8, 4) is 22.5 Å². The Morgan fingerprint density at radius 3 is 2.45 bits per heavy atom. The zero-order chi connectivity index (χ0) is 19.6. The van der Waals surface area contributed by atoms with E-state index in [0.717, 1.165) is 23.7 Å². The Kier molecular flexibility index (Phi) is 5.21. The van der Waals surface area contributed by atoms with Crippen LogP contribution < -0.4 is 0 Å². The fraction of sp³-hybridized carbons (Fsp3) is 0.400. The van der Waals surface area contributed by atoms with E-state index in [-0.39, 0.29) is 6.61 Å². The summed E-state index contributed by atoms with van der Waals surface area (Å²) in [7, 11) is 0. The second-order valence-electron chi connectivity index (χ2n) is 8.50. The Balaban J connectivity index is 1.42. The van der Waals surface area contributed by atoms with Crippen LogP contribution in [0.5, 0.6) is 0 Å². The number of fused-ring (bicyclic) bond motifs is 3. The average Bonchev–Trinajstić information content (AvgIpc) is 3.33. The van der Waals surface area contributed by atoms with Crippen molar-refractivity contribution >= 4 is 0 Å². The Bertz CT molecular complexity index is 928. The average molecular weight is 389 g/mol. The van der Waals surface area contributed by atoms with Gasteiger partial charge in [0, 0.05) is 24.8 Å². The third kappa shape index (κ3) is 3.75. The normalized spacial score (nSPS) is 24.5. The molecule has 0 saturated carbocycles. The lowest BCUT2D eigenvalue weighted by atomic mass is 9.69. The standard InChI is InChI=1S/C25H28N2O2/c28-15-11-23(24-17-27-13-9-19(24)10-14-27)22-3-1-2-21(16-22)18-4-6-20(7-5-18)25-8-12-26-29-25/h1-8,12,16,19,23-24,28H,9-11,13-15,17H2. The fourth-order valence-electron chi connectivity index (χ4n) is 5.37. The van der Waals surface area contributed by atoms with E-state index in [9.17, 15) is 5.11 Å². The molecule has 150 valence electrons. The van der Waals surface area contributed by atoms with Gasteiger partial charge in [-0.3, -0.25) is 0 Å². The number of piperidine rings is 3. The molecule has 2 unspecified atom stereocenters. The van der Waals surface area contributed by atoms with Crippen molar-refractivity contribution in [3.05, 3.63) is 66.4 Å². The van der Waals surface area contributed by atoms with E-state index in [1.165, 1.54) is 49.2 Å². The molecule has 1 aromatic heterocycles. The number of aliphatic hydroxyl groups is 1. The molecule has 0 aliphatic carbocycles. The summed E-state index contributed by atoms with van der Waals surface area (Å²) in [5.41, 5.74) is 4.84. The smallest absolute Gasteiger partial charge is 0.166 e. The SMILES string of the molecule is OCCC(c1cccc(-c2ccc(-c3ccno3)cc2)c1)C1CN2CCC1CC2. The molecule has 2 bridgehead atoms. The van der Waals surface area contributed by atoms with Gasteiger partial charge in [0.25, 0.3) is 0 Å². The molecule has 0 radical (unpaired) electrons. The third-order valence-corrected chi connectivity index (χ3v) is 6.92. The Hall–Kier alpha value is -2.43. The number of benzene rings is 2. The summed E-state index contributed by atoms with van der Waals surface area (Å²) < 4.78 is 5.26. The van der Waals surface area contributed by atoms with E-state index < -0.39 is 0 Å². The molecule has 2 atom stereocenters. The number of aliphatic hydroxyl groups excluding tert-OH is 1. The first-order chi connectivity index (χ1) is 14.3. The van der Waals surface area contributed by atoms with Crippen molar-refractivity contribution in [1.29, 1.82) is 0 Å². The molecule has 3 aliphatic heterocycles. The molecule has 4 nitrogen and oxygen atoms in total. The highest BCUT2D eigenvalue weighted by molar-refractivity contribution is 5.68. The first kappa shape index (κ1) is 18.6. The largest absolute Gasteiger partial charge is 0.396 e. The highest BCUT2D eigenvalue weighted by atomic mass is 16.5. The predicted octanol–water partition coefficient (Wildman–Crippen LogP) is 4.82. The number of hydrogen-bond donors (Lipinski definition) is 1. The second kappa shape index (κ2) is 8.13. The van der Waals surface area contributed by atoms with E-state index in [1.807, 2.05) is 6.07 Å². The first-order valence-electron chi connectivity index (χ1n) is 10.8. The van der Waals surface area contributed by atoms with Crippen molar-refractivity contribution in [3.63, 3.8) is 0 Å². The van der Waals surface area contributed by atoms with Gasteiger partial charge in [0.15, 0.2) is 5.76 Å². The van der Waals surface area contributed by atoms with Crippen LogP contribution in [0.3, 0.4) is 0 Å². The van der Waals surface area contributed by atoms with Crippen LogP contribution in [-0.2, 0) is 0 Å². The maximum Gasteiger partial charge on any atom is 0.166 e.